The van der Waals surface area contributed by atoms with Gasteiger partial charge in [0.1, 0.15) is 5.75 Å². The zero-order chi connectivity index (χ0) is 11.6. The molecule has 0 bridgehead atoms. The maximum Gasteiger partial charge on any atom is 0.308 e. The van der Waals surface area contributed by atoms with Crippen molar-refractivity contribution in [3.63, 3.8) is 0 Å². The third-order valence-corrected chi connectivity index (χ3v) is 3.61. The molecular formula is C12H15IO2. The van der Waals surface area contributed by atoms with Crippen molar-refractivity contribution >= 4 is 28.6 Å². The molecule has 0 heterocycles. The van der Waals surface area contributed by atoms with Crippen molar-refractivity contribution in [2.75, 3.05) is 0 Å². The first-order chi connectivity index (χ1) is 6.91. The maximum atomic E-state index is 10.9. The van der Waals surface area contributed by atoms with Gasteiger partial charge in [0.05, 0.1) is 0 Å². The Hall–Kier alpha value is -0.580. The van der Waals surface area contributed by atoms with Crippen LogP contribution in [0.3, 0.4) is 0 Å². The van der Waals surface area contributed by atoms with Gasteiger partial charge in [0.2, 0.25) is 0 Å². The van der Waals surface area contributed by atoms with E-state index in [-0.39, 0.29) is 5.97 Å². The molecule has 0 N–H and O–H groups in total. The van der Waals surface area contributed by atoms with E-state index in [1.165, 1.54) is 16.1 Å². The average molecular weight is 318 g/mol. The van der Waals surface area contributed by atoms with E-state index in [1.54, 1.807) is 0 Å². The summed E-state index contributed by atoms with van der Waals surface area (Å²) in [6.07, 6.45) is 0. The maximum absolute atomic E-state index is 10.9. The molecule has 1 rings (SSSR count). The molecular weight excluding hydrogens is 303 g/mol. The molecule has 0 saturated carbocycles. The van der Waals surface area contributed by atoms with Gasteiger partial charge in [-0.25, -0.2) is 0 Å². The number of benzene rings is 1. The lowest BCUT2D eigenvalue weighted by Gasteiger charge is -2.13. The van der Waals surface area contributed by atoms with Crippen LogP contribution in [0.25, 0.3) is 0 Å². The Labute approximate surface area is 104 Å². The third kappa shape index (κ3) is 3.19. The van der Waals surface area contributed by atoms with Crippen molar-refractivity contribution in [3.05, 3.63) is 26.8 Å². The van der Waals surface area contributed by atoms with Crippen molar-refractivity contribution in [2.45, 2.75) is 33.6 Å². The van der Waals surface area contributed by atoms with E-state index in [4.69, 9.17) is 4.74 Å². The van der Waals surface area contributed by atoms with Crippen LogP contribution >= 0.6 is 22.6 Å². The zero-order valence-electron chi connectivity index (χ0n) is 9.43. The highest BCUT2D eigenvalue weighted by molar-refractivity contribution is 14.1. The Bertz CT molecular complexity index is 383. The summed E-state index contributed by atoms with van der Waals surface area (Å²) in [7, 11) is 0. The number of esters is 1. The van der Waals surface area contributed by atoms with Crippen LogP contribution in [0, 0.1) is 10.5 Å². The van der Waals surface area contributed by atoms with E-state index >= 15 is 0 Å². The van der Waals surface area contributed by atoms with Gasteiger partial charge in [-0.3, -0.25) is 4.79 Å². The molecule has 3 heteroatoms. The van der Waals surface area contributed by atoms with Crippen molar-refractivity contribution in [3.8, 4) is 5.75 Å². The van der Waals surface area contributed by atoms with Gasteiger partial charge >= 0.3 is 5.97 Å². The monoisotopic (exact) mass is 318 g/mol. The lowest BCUT2D eigenvalue weighted by molar-refractivity contribution is -0.131. The number of halogens is 1. The average Bonchev–Trinajstić information content (AvgIpc) is 2.09. The lowest BCUT2D eigenvalue weighted by atomic mass is 10.0. The first-order valence-electron chi connectivity index (χ1n) is 4.90. The standard InChI is InChI=1S/C12H15IO2/c1-7(2)11-6-10(15-9(4)14)5-8(3)12(11)13/h5-7H,1-4H3. The van der Waals surface area contributed by atoms with Crippen LogP contribution in [-0.2, 0) is 4.79 Å². The van der Waals surface area contributed by atoms with E-state index in [0.29, 0.717) is 11.7 Å². The molecule has 2 nitrogen and oxygen atoms in total. The second-order valence-electron chi connectivity index (χ2n) is 3.89. The van der Waals surface area contributed by atoms with Crippen molar-refractivity contribution in [1.29, 1.82) is 0 Å². The molecule has 0 amide bonds. The highest BCUT2D eigenvalue weighted by atomic mass is 127. The Morgan fingerprint density at radius 2 is 2.00 bits per heavy atom. The molecule has 0 aliphatic heterocycles. The molecule has 15 heavy (non-hydrogen) atoms. The number of hydrogen-bond acceptors (Lipinski definition) is 2. The third-order valence-electron chi connectivity index (χ3n) is 2.14. The van der Waals surface area contributed by atoms with Gasteiger partial charge in [0, 0.05) is 10.5 Å². The van der Waals surface area contributed by atoms with Crippen LogP contribution in [0.15, 0.2) is 12.1 Å². The van der Waals surface area contributed by atoms with Gasteiger partial charge < -0.3 is 4.74 Å². The summed E-state index contributed by atoms with van der Waals surface area (Å²) in [4.78, 5) is 10.9. The lowest BCUT2D eigenvalue weighted by Crippen LogP contribution is -2.04. The fourth-order valence-corrected chi connectivity index (χ4v) is 2.34. The Kier molecular flexibility index (Phi) is 4.13. The van der Waals surface area contributed by atoms with E-state index < -0.39 is 0 Å². The van der Waals surface area contributed by atoms with Gasteiger partial charge in [-0.05, 0) is 58.7 Å². The van der Waals surface area contributed by atoms with Crippen LogP contribution in [0.2, 0.25) is 0 Å². The molecule has 1 aromatic carbocycles. The summed E-state index contributed by atoms with van der Waals surface area (Å²) in [5, 5.41) is 0. The topological polar surface area (TPSA) is 26.3 Å². The van der Waals surface area contributed by atoms with E-state index in [1.807, 2.05) is 19.1 Å². The fraction of sp³-hybridized carbons (Fsp3) is 0.417. The summed E-state index contributed by atoms with van der Waals surface area (Å²) in [6, 6.07) is 3.84. The number of aryl methyl sites for hydroxylation is 1. The molecule has 0 spiro atoms. The van der Waals surface area contributed by atoms with Gasteiger partial charge in [-0.1, -0.05) is 13.8 Å². The smallest absolute Gasteiger partial charge is 0.308 e. The molecule has 0 aromatic heterocycles. The Morgan fingerprint density at radius 1 is 1.40 bits per heavy atom. The summed E-state index contributed by atoms with van der Waals surface area (Å²) < 4.78 is 6.35. The van der Waals surface area contributed by atoms with Gasteiger partial charge in [0.15, 0.2) is 0 Å². The molecule has 0 fully saturated rings. The fourth-order valence-electron chi connectivity index (χ4n) is 1.41. The van der Waals surface area contributed by atoms with Crippen molar-refractivity contribution < 1.29 is 9.53 Å². The summed E-state index contributed by atoms with van der Waals surface area (Å²) in [5.74, 6) is 0.806. The second-order valence-corrected chi connectivity index (χ2v) is 4.97. The first-order valence-corrected chi connectivity index (χ1v) is 5.98. The molecule has 0 unspecified atom stereocenters. The van der Waals surface area contributed by atoms with Crippen molar-refractivity contribution in [2.24, 2.45) is 0 Å². The normalized spacial score (nSPS) is 10.5. The van der Waals surface area contributed by atoms with E-state index in [0.717, 1.165) is 5.56 Å². The SMILES string of the molecule is CC(=O)Oc1cc(C)c(I)c(C(C)C)c1. The van der Waals surface area contributed by atoms with Gasteiger partial charge in [-0.2, -0.15) is 0 Å². The van der Waals surface area contributed by atoms with Crippen LogP contribution in [-0.4, -0.2) is 5.97 Å². The molecule has 1 aromatic rings. The Balaban J connectivity index is 3.17. The molecule has 0 aliphatic rings. The summed E-state index contributed by atoms with van der Waals surface area (Å²) >= 11 is 2.33. The minimum atomic E-state index is -0.273. The Morgan fingerprint density at radius 3 is 2.47 bits per heavy atom. The predicted octanol–water partition coefficient (Wildman–Crippen LogP) is 3.65. The van der Waals surface area contributed by atoms with Crippen molar-refractivity contribution in [1.82, 2.24) is 0 Å². The van der Waals surface area contributed by atoms with Crippen LogP contribution in [0.5, 0.6) is 5.75 Å². The second kappa shape index (κ2) is 4.96. The molecule has 82 valence electrons. The van der Waals surface area contributed by atoms with Gasteiger partial charge in [0.25, 0.3) is 0 Å². The first kappa shape index (κ1) is 12.5. The number of ether oxygens (including phenoxy) is 1. The molecule has 0 radical (unpaired) electrons. The van der Waals surface area contributed by atoms with Crippen LogP contribution in [0.4, 0.5) is 0 Å². The summed E-state index contributed by atoms with van der Waals surface area (Å²) in [5.41, 5.74) is 2.38. The molecule has 0 atom stereocenters. The van der Waals surface area contributed by atoms with E-state index in [9.17, 15) is 4.79 Å². The predicted molar refractivity (Wildman–Crippen MR) is 69.3 cm³/mol. The summed E-state index contributed by atoms with van der Waals surface area (Å²) in [6.45, 7) is 7.71. The van der Waals surface area contributed by atoms with E-state index in [2.05, 4.69) is 36.4 Å². The molecule has 0 aliphatic carbocycles. The van der Waals surface area contributed by atoms with Crippen LogP contribution in [0.1, 0.15) is 37.8 Å². The number of carbonyl (C=O) groups excluding carboxylic acids is 1. The zero-order valence-corrected chi connectivity index (χ0v) is 11.6. The minimum absolute atomic E-state index is 0.273. The molecule has 0 saturated heterocycles. The number of rotatable bonds is 2. The minimum Gasteiger partial charge on any atom is -0.427 e. The highest BCUT2D eigenvalue weighted by Gasteiger charge is 2.10. The van der Waals surface area contributed by atoms with Crippen LogP contribution < -0.4 is 4.74 Å². The highest BCUT2D eigenvalue weighted by Crippen LogP contribution is 2.29. The largest absolute Gasteiger partial charge is 0.427 e. The number of hydrogen-bond donors (Lipinski definition) is 0. The quantitative estimate of drug-likeness (QED) is 0.473. The van der Waals surface area contributed by atoms with Gasteiger partial charge in [-0.15, -0.1) is 0 Å². The number of carbonyl (C=O) groups is 1.